The number of aromatic amines is 1. The first-order valence-corrected chi connectivity index (χ1v) is 8.37. The van der Waals surface area contributed by atoms with Gasteiger partial charge in [-0.3, -0.25) is 9.59 Å². The number of nitrogens with one attached hydrogen (secondary N) is 1. The van der Waals surface area contributed by atoms with Crippen LogP contribution in [-0.2, 0) is 4.74 Å². The molecule has 1 aliphatic heterocycles. The maximum absolute atomic E-state index is 13.1. The minimum atomic E-state index is -0.397. The standard InChI is InChI=1S/C18H18FN3O3/c19-13-5-3-11(4-6-13)15-10-22(7-8-25-15)18(24)14-9-20-16(12-1-2-12)21-17(14)23/h3-6,9,12,15H,1-2,7-8,10H2,(H,20,21,23). The molecule has 4 rings (SSSR count). The molecule has 7 heteroatoms. The molecule has 1 aromatic carbocycles. The van der Waals surface area contributed by atoms with Crippen molar-refractivity contribution >= 4 is 5.91 Å². The van der Waals surface area contributed by atoms with Crippen molar-refractivity contribution in [3.8, 4) is 0 Å². The molecule has 25 heavy (non-hydrogen) atoms. The number of benzene rings is 1. The Morgan fingerprint density at radius 3 is 2.72 bits per heavy atom. The van der Waals surface area contributed by atoms with Crippen LogP contribution in [0.1, 0.15) is 46.6 Å². The topological polar surface area (TPSA) is 75.3 Å². The van der Waals surface area contributed by atoms with Gasteiger partial charge in [0.15, 0.2) is 0 Å². The zero-order valence-electron chi connectivity index (χ0n) is 13.6. The molecule has 2 fully saturated rings. The number of ether oxygens (including phenoxy) is 1. The van der Waals surface area contributed by atoms with Crippen molar-refractivity contribution < 1.29 is 13.9 Å². The third-order valence-electron chi connectivity index (χ3n) is 4.61. The first-order chi connectivity index (χ1) is 12.1. The van der Waals surface area contributed by atoms with E-state index in [1.165, 1.54) is 18.3 Å². The molecule has 1 aromatic heterocycles. The van der Waals surface area contributed by atoms with Crippen LogP contribution in [0.15, 0.2) is 35.3 Å². The van der Waals surface area contributed by atoms with Crippen LogP contribution >= 0.6 is 0 Å². The molecule has 130 valence electrons. The molecule has 6 nitrogen and oxygen atoms in total. The summed E-state index contributed by atoms with van der Waals surface area (Å²) in [6, 6.07) is 6.02. The summed E-state index contributed by atoms with van der Waals surface area (Å²) in [5, 5.41) is 0. The van der Waals surface area contributed by atoms with Crippen LogP contribution in [0, 0.1) is 5.82 Å². The van der Waals surface area contributed by atoms with E-state index in [0.717, 1.165) is 18.4 Å². The summed E-state index contributed by atoms with van der Waals surface area (Å²) in [7, 11) is 0. The SMILES string of the molecule is O=C(c1cnc(C2CC2)[nH]c1=O)N1CCOC(c2ccc(F)cc2)C1. The molecule has 1 saturated heterocycles. The Morgan fingerprint density at radius 2 is 2.04 bits per heavy atom. The normalized spacial score (nSPS) is 20.5. The second kappa shape index (κ2) is 6.40. The Labute approximate surface area is 143 Å². The lowest BCUT2D eigenvalue weighted by Crippen LogP contribution is -2.44. The Bertz CT molecular complexity index is 845. The number of hydrogen-bond acceptors (Lipinski definition) is 4. The van der Waals surface area contributed by atoms with E-state index in [9.17, 15) is 14.0 Å². The fourth-order valence-electron chi connectivity index (χ4n) is 3.01. The van der Waals surface area contributed by atoms with Gasteiger partial charge in [-0.25, -0.2) is 9.37 Å². The Kier molecular flexibility index (Phi) is 4.09. The molecule has 1 atom stereocenters. The Hall–Kier alpha value is -2.54. The van der Waals surface area contributed by atoms with Crippen molar-refractivity contribution in [2.75, 3.05) is 19.7 Å². The van der Waals surface area contributed by atoms with E-state index in [-0.39, 0.29) is 23.4 Å². The quantitative estimate of drug-likeness (QED) is 0.925. The molecule has 0 radical (unpaired) electrons. The van der Waals surface area contributed by atoms with Crippen LogP contribution in [0.2, 0.25) is 0 Å². The maximum atomic E-state index is 13.1. The van der Waals surface area contributed by atoms with Gasteiger partial charge in [-0.1, -0.05) is 12.1 Å². The molecule has 1 aliphatic carbocycles. The van der Waals surface area contributed by atoms with Crippen molar-refractivity contribution in [2.24, 2.45) is 0 Å². The van der Waals surface area contributed by atoms with Gasteiger partial charge in [-0.15, -0.1) is 0 Å². The maximum Gasteiger partial charge on any atom is 0.263 e. The summed E-state index contributed by atoms with van der Waals surface area (Å²) in [5.41, 5.74) is 0.450. The minimum Gasteiger partial charge on any atom is -0.370 e. The van der Waals surface area contributed by atoms with E-state index >= 15 is 0 Å². The summed E-state index contributed by atoms with van der Waals surface area (Å²) in [6.07, 6.45) is 3.09. The number of halogens is 1. The lowest BCUT2D eigenvalue weighted by atomic mass is 10.1. The largest absolute Gasteiger partial charge is 0.370 e. The third-order valence-corrected chi connectivity index (χ3v) is 4.61. The third kappa shape index (κ3) is 3.32. The molecule has 2 aromatic rings. The van der Waals surface area contributed by atoms with E-state index in [1.54, 1.807) is 17.0 Å². The van der Waals surface area contributed by atoms with Crippen molar-refractivity contribution in [2.45, 2.75) is 24.9 Å². The predicted molar refractivity (Wildman–Crippen MR) is 87.8 cm³/mol. The molecule has 2 aliphatic rings. The number of hydrogen-bond donors (Lipinski definition) is 1. The van der Waals surface area contributed by atoms with E-state index in [2.05, 4.69) is 9.97 Å². The van der Waals surface area contributed by atoms with Gasteiger partial charge in [-0.05, 0) is 30.5 Å². The molecule has 1 unspecified atom stereocenters. The first-order valence-electron chi connectivity index (χ1n) is 8.37. The Balaban J connectivity index is 1.51. The highest BCUT2D eigenvalue weighted by Gasteiger charge is 2.30. The summed E-state index contributed by atoms with van der Waals surface area (Å²) >= 11 is 0. The number of H-pyrrole nitrogens is 1. The second-order valence-corrected chi connectivity index (χ2v) is 6.45. The first kappa shape index (κ1) is 16.0. The summed E-state index contributed by atoms with van der Waals surface area (Å²) in [6.45, 7) is 1.08. The molecule has 1 amide bonds. The van der Waals surface area contributed by atoms with Crippen molar-refractivity contribution in [1.82, 2.24) is 14.9 Å². The monoisotopic (exact) mass is 343 g/mol. The van der Waals surface area contributed by atoms with Crippen molar-refractivity contribution in [3.05, 3.63) is 63.6 Å². The van der Waals surface area contributed by atoms with E-state index < -0.39 is 5.56 Å². The molecular formula is C18H18FN3O3. The smallest absolute Gasteiger partial charge is 0.263 e. The molecule has 0 bridgehead atoms. The molecule has 2 heterocycles. The van der Waals surface area contributed by atoms with Crippen molar-refractivity contribution in [1.29, 1.82) is 0 Å². The molecule has 0 spiro atoms. The summed E-state index contributed by atoms with van der Waals surface area (Å²) in [4.78, 5) is 33.5. The second-order valence-electron chi connectivity index (χ2n) is 6.45. The van der Waals surface area contributed by atoms with E-state index in [4.69, 9.17) is 4.74 Å². The van der Waals surface area contributed by atoms with Crippen LogP contribution in [0.5, 0.6) is 0 Å². The van der Waals surface area contributed by atoms with Gasteiger partial charge in [-0.2, -0.15) is 0 Å². The lowest BCUT2D eigenvalue weighted by Gasteiger charge is -2.33. The number of carbonyl (C=O) groups excluding carboxylic acids is 1. The van der Waals surface area contributed by atoms with E-state index in [1.807, 2.05) is 0 Å². The fourth-order valence-corrected chi connectivity index (χ4v) is 3.01. The number of nitrogens with zero attached hydrogens (tertiary/aromatic N) is 2. The van der Waals surface area contributed by atoms with Gasteiger partial charge < -0.3 is 14.6 Å². The van der Waals surface area contributed by atoms with Crippen LogP contribution in [0.4, 0.5) is 4.39 Å². The number of morpholine rings is 1. The molecule has 1 N–H and O–H groups in total. The summed E-state index contributed by atoms with van der Waals surface area (Å²) in [5.74, 6) is 0.308. The van der Waals surface area contributed by atoms with Gasteiger partial charge in [0.05, 0.1) is 13.2 Å². The van der Waals surface area contributed by atoms with Gasteiger partial charge in [0.1, 0.15) is 23.3 Å². The summed E-state index contributed by atoms with van der Waals surface area (Å²) < 4.78 is 18.8. The highest BCUT2D eigenvalue weighted by Crippen LogP contribution is 2.37. The average molecular weight is 343 g/mol. The van der Waals surface area contributed by atoms with Crippen LogP contribution in [-0.4, -0.2) is 40.5 Å². The van der Waals surface area contributed by atoms with Crippen LogP contribution in [0.3, 0.4) is 0 Å². The number of amides is 1. The highest BCUT2D eigenvalue weighted by molar-refractivity contribution is 5.93. The van der Waals surface area contributed by atoms with Gasteiger partial charge in [0.25, 0.3) is 11.5 Å². The fraction of sp³-hybridized carbons (Fsp3) is 0.389. The molecular weight excluding hydrogens is 325 g/mol. The Morgan fingerprint density at radius 1 is 1.28 bits per heavy atom. The highest BCUT2D eigenvalue weighted by atomic mass is 19.1. The number of carbonyl (C=O) groups is 1. The van der Waals surface area contributed by atoms with Crippen LogP contribution < -0.4 is 5.56 Å². The van der Waals surface area contributed by atoms with Crippen LogP contribution in [0.25, 0.3) is 0 Å². The zero-order valence-corrected chi connectivity index (χ0v) is 13.6. The van der Waals surface area contributed by atoms with E-state index in [0.29, 0.717) is 31.4 Å². The predicted octanol–water partition coefficient (Wildman–Crippen LogP) is 2.00. The van der Waals surface area contributed by atoms with Crippen molar-refractivity contribution in [3.63, 3.8) is 0 Å². The number of aromatic nitrogens is 2. The average Bonchev–Trinajstić information content (AvgIpc) is 3.47. The lowest BCUT2D eigenvalue weighted by molar-refractivity contribution is -0.0229. The molecule has 1 saturated carbocycles. The van der Waals surface area contributed by atoms with Gasteiger partial charge >= 0.3 is 0 Å². The van der Waals surface area contributed by atoms with Gasteiger partial charge in [0.2, 0.25) is 0 Å². The zero-order chi connectivity index (χ0) is 17.4. The minimum absolute atomic E-state index is 0.0455. The van der Waals surface area contributed by atoms with Gasteiger partial charge in [0, 0.05) is 18.7 Å². The number of rotatable bonds is 3.